The molecule has 0 atom stereocenters. The van der Waals surface area contributed by atoms with Crippen LogP contribution in [0.25, 0.3) is 43.8 Å². The molecular formula is C62H46Si2. The Morgan fingerprint density at radius 3 is 0.609 bits per heavy atom. The summed E-state index contributed by atoms with van der Waals surface area (Å²) in [5.74, 6) is 0. The molecule has 0 saturated heterocycles. The molecule has 0 saturated carbocycles. The quantitative estimate of drug-likeness (QED) is 0.0731. The largest absolute Gasteiger partial charge is 0.179 e. The van der Waals surface area contributed by atoms with Crippen LogP contribution in [0.5, 0.6) is 0 Å². The highest BCUT2D eigenvalue weighted by Gasteiger charge is 2.43. The van der Waals surface area contributed by atoms with E-state index < -0.39 is 16.1 Å². The molecule has 0 unspecified atom stereocenters. The number of fused-ring (bicyclic) bond motifs is 2. The van der Waals surface area contributed by atoms with E-state index in [-0.39, 0.29) is 0 Å². The third-order valence-corrected chi connectivity index (χ3v) is 22.9. The Hall–Kier alpha value is -7.63. The van der Waals surface area contributed by atoms with Crippen LogP contribution in [0, 0.1) is 0 Å². The Bertz CT molecular complexity index is 2870. The second kappa shape index (κ2) is 16.9. The van der Waals surface area contributed by atoms with Gasteiger partial charge in [0.25, 0.3) is 0 Å². The summed E-state index contributed by atoms with van der Waals surface area (Å²) < 4.78 is 0. The molecule has 64 heavy (non-hydrogen) atoms. The SMILES string of the molecule is c1ccc([Si](c2ccccc2)(c2ccccc2)c2cccc(-c3c4ccccc4c(-c4cccc([Si](c5ccccc5)(c5ccccc5)c5ccccc5)c4)c4ccccc34)c2)cc1. The van der Waals surface area contributed by atoms with E-state index >= 15 is 0 Å². The van der Waals surface area contributed by atoms with Crippen molar-refractivity contribution in [1.82, 2.24) is 0 Å². The summed E-state index contributed by atoms with van der Waals surface area (Å²) in [4.78, 5) is 0. The summed E-state index contributed by atoms with van der Waals surface area (Å²) in [6.45, 7) is 0. The fraction of sp³-hybridized carbons (Fsp3) is 0. The molecule has 2 heteroatoms. The third-order valence-electron chi connectivity index (χ3n) is 13.3. The lowest BCUT2D eigenvalue weighted by Gasteiger charge is -2.35. The van der Waals surface area contributed by atoms with E-state index in [4.69, 9.17) is 0 Å². The Labute approximate surface area is 378 Å². The summed E-state index contributed by atoms with van der Waals surface area (Å²) in [7, 11) is -5.53. The second-order valence-corrected chi connectivity index (χ2v) is 24.3. The minimum Gasteiger partial charge on any atom is -0.0623 e. The fourth-order valence-corrected chi connectivity index (χ4v) is 20.3. The van der Waals surface area contributed by atoms with E-state index in [0.29, 0.717) is 0 Å². The van der Waals surface area contributed by atoms with E-state index in [1.807, 2.05) is 0 Å². The van der Waals surface area contributed by atoms with Crippen molar-refractivity contribution in [2.45, 2.75) is 0 Å². The highest BCUT2D eigenvalue weighted by molar-refractivity contribution is 7.20. The number of hydrogen-bond acceptors (Lipinski definition) is 0. The van der Waals surface area contributed by atoms with E-state index in [9.17, 15) is 0 Å². The highest BCUT2D eigenvalue weighted by Crippen LogP contribution is 2.43. The zero-order chi connectivity index (χ0) is 42.8. The first-order valence-corrected chi connectivity index (χ1v) is 26.3. The maximum absolute atomic E-state index is 2.77. The molecule has 0 amide bonds. The van der Waals surface area contributed by atoms with Crippen molar-refractivity contribution >= 4 is 79.2 Å². The van der Waals surface area contributed by atoms with Crippen LogP contribution in [0.1, 0.15) is 0 Å². The molecule has 0 nitrogen and oxygen atoms in total. The van der Waals surface area contributed by atoms with Crippen LogP contribution < -0.4 is 41.5 Å². The zero-order valence-electron chi connectivity index (χ0n) is 35.6. The van der Waals surface area contributed by atoms with Gasteiger partial charge in [0.05, 0.1) is 0 Å². The van der Waals surface area contributed by atoms with E-state index in [2.05, 4.69) is 279 Å². The third kappa shape index (κ3) is 6.50. The average molecular weight is 847 g/mol. The summed E-state index contributed by atoms with van der Waals surface area (Å²) in [5, 5.41) is 16.0. The first-order chi connectivity index (χ1) is 31.8. The maximum Gasteiger partial charge on any atom is 0.179 e. The van der Waals surface area contributed by atoms with Gasteiger partial charge in [0.15, 0.2) is 16.1 Å². The molecule has 0 radical (unpaired) electrons. The summed E-state index contributed by atoms with van der Waals surface area (Å²) in [5.41, 5.74) is 5.00. The van der Waals surface area contributed by atoms with Crippen LogP contribution in [-0.2, 0) is 0 Å². The molecule has 11 aromatic carbocycles. The van der Waals surface area contributed by atoms with E-state index in [1.165, 1.54) is 85.3 Å². The van der Waals surface area contributed by atoms with Gasteiger partial charge in [0.2, 0.25) is 0 Å². The van der Waals surface area contributed by atoms with Gasteiger partial charge in [-0.25, -0.2) is 0 Å². The van der Waals surface area contributed by atoms with Gasteiger partial charge in [0, 0.05) is 0 Å². The molecule has 0 N–H and O–H groups in total. The lowest BCUT2D eigenvalue weighted by molar-refractivity contribution is 1.64. The summed E-state index contributed by atoms with van der Waals surface area (Å²) in [6.07, 6.45) is 0. The predicted octanol–water partition coefficient (Wildman–Crippen LogP) is 10.1. The van der Waals surface area contributed by atoms with Crippen LogP contribution in [0.15, 0.2) is 279 Å². The van der Waals surface area contributed by atoms with E-state index in [0.717, 1.165) is 0 Å². The normalized spacial score (nSPS) is 11.8. The minimum absolute atomic E-state index is 1.23. The monoisotopic (exact) mass is 846 g/mol. The van der Waals surface area contributed by atoms with Gasteiger partial charge in [-0.2, -0.15) is 0 Å². The van der Waals surface area contributed by atoms with Crippen molar-refractivity contribution in [2.75, 3.05) is 0 Å². The van der Waals surface area contributed by atoms with Crippen LogP contribution in [0.2, 0.25) is 0 Å². The van der Waals surface area contributed by atoms with Gasteiger partial charge in [-0.1, -0.05) is 279 Å². The van der Waals surface area contributed by atoms with Crippen LogP contribution in [0.4, 0.5) is 0 Å². The Morgan fingerprint density at radius 1 is 0.172 bits per heavy atom. The second-order valence-electron chi connectivity index (χ2n) is 16.7. The molecule has 11 aromatic rings. The van der Waals surface area contributed by atoms with E-state index in [1.54, 1.807) is 0 Å². The van der Waals surface area contributed by atoms with Crippen molar-refractivity contribution < 1.29 is 0 Å². The maximum atomic E-state index is 2.52. The summed E-state index contributed by atoms with van der Waals surface area (Å²) in [6, 6.07) is 105. The molecule has 0 aliphatic carbocycles. The average Bonchev–Trinajstić information content (AvgIpc) is 3.38. The molecule has 0 bridgehead atoms. The minimum atomic E-state index is -2.77. The van der Waals surface area contributed by atoms with Gasteiger partial charge in [-0.15, -0.1) is 0 Å². The van der Waals surface area contributed by atoms with Crippen LogP contribution >= 0.6 is 0 Å². The van der Waals surface area contributed by atoms with Crippen molar-refractivity contribution in [3.63, 3.8) is 0 Å². The molecule has 0 aliphatic heterocycles. The molecule has 0 heterocycles. The predicted molar refractivity (Wildman–Crippen MR) is 280 cm³/mol. The van der Waals surface area contributed by atoms with Gasteiger partial charge in [-0.05, 0) is 85.3 Å². The van der Waals surface area contributed by atoms with Gasteiger partial charge >= 0.3 is 0 Å². The van der Waals surface area contributed by atoms with Crippen molar-refractivity contribution in [3.05, 3.63) is 279 Å². The Balaban J connectivity index is 1.17. The lowest BCUT2D eigenvalue weighted by Crippen LogP contribution is -2.74. The molecular weight excluding hydrogens is 801 g/mol. The number of hydrogen-bond donors (Lipinski definition) is 0. The van der Waals surface area contributed by atoms with Crippen LogP contribution in [0.3, 0.4) is 0 Å². The zero-order valence-corrected chi connectivity index (χ0v) is 37.6. The fourth-order valence-electron chi connectivity index (χ4n) is 10.7. The molecule has 0 fully saturated rings. The summed E-state index contributed by atoms with van der Waals surface area (Å²) >= 11 is 0. The first kappa shape index (κ1) is 39.2. The highest BCUT2D eigenvalue weighted by atomic mass is 28.3. The first-order valence-electron chi connectivity index (χ1n) is 22.3. The lowest BCUT2D eigenvalue weighted by atomic mass is 9.86. The van der Waals surface area contributed by atoms with Crippen molar-refractivity contribution in [1.29, 1.82) is 0 Å². The van der Waals surface area contributed by atoms with Crippen molar-refractivity contribution in [3.8, 4) is 22.3 Å². The molecule has 0 aliphatic rings. The van der Waals surface area contributed by atoms with Gasteiger partial charge in [0.1, 0.15) is 0 Å². The standard InChI is InChI=1S/C62H46Si2/c1-7-27-49(28-8-1)63(50-29-9-2-10-30-50,51-31-11-3-12-32-51)55-39-23-25-47(45-55)61-57-41-19-21-43-59(57)62(60-44-22-20-42-58(60)61)48-26-24-40-56(46-48)64(52-33-13-4-14-34-52,53-35-15-5-16-36-53)54-37-17-6-18-38-54/h1-46H. The molecule has 0 spiro atoms. The van der Waals surface area contributed by atoms with Gasteiger partial charge in [-0.3, -0.25) is 0 Å². The van der Waals surface area contributed by atoms with Crippen LogP contribution in [-0.4, -0.2) is 16.1 Å². The Morgan fingerprint density at radius 2 is 0.375 bits per heavy atom. The Kier molecular flexibility index (Phi) is 10.4. The van der Waals surface area contributed by atoms with Crippen molar-refractivity contribution in [2.24, 2.45) is 0 Å². The smallest absolute Gasteiger partial charge is 0.0623 e. The molecule has 11 rings (SSSR count). The topological polar surface area (TPSA) is 0 Å². The number of rotatable bonds is 10. The molecule has 302 valence electrons. The number of benzene rings is 11. The van der Waals surface area contributed by atoms with Gasteiger partial charge < -0.3 is 0 Å². The molecule has 0 aromatic heterocycles.